The van der Waals surface area contributed by atoms with E-state index in [-0.39, 0.29) is 0 Å². The maximum Gasteiger partial charge on any atom is 0.0586 e. The Bertz CT molecular complexity index is 312. The first-order chi connectivity index (χ1) is 8.38. The van der Waals surface area contributed by atoms with Crippen molar-refractivity contribution in [3.63, 3.8) is 0 Å². The largest absolute Gasteiger partial charge is 0.381 e. The van der Waals surface area contributed by atoms with Gasteiger partial charge in [0.05, 0.1) is 6.10 Å². The molecule has 94 valence electrons. The van der Waals surface area contributed by atoms with Gasteiger partial charge in [-0.1, -0.05) is 30.3 Å². The minimum atomic E-state index is 0.488. The van der Waals surface area contributed by atoms with Gasteiger partial charge in [-0.15, -0.1) is 0 Å². The Labute approximate surface area is 104 Å². The molecule has 0 aromatic heterocycles. The smallest absolute Gasteiger partial charge is 0.0586 e. The molecule has 1 aromatic rings. The second kappa shape index (κ2) is 6.77. The fourth-order valence-corrected chi connectivity index (χ4v) is 2.58. The molecule has 2 unspecified atom stereocenters. The van der Waals surface area contributed by atoms with Gasteiger partial charge in [-0.3, -0.25) is 0 Å². The van der Waals surface area contributed by atoms with Crippen molar-refractivity contribution in [2.45, 2.75) is 44.2 Å². The summed E-state index contributed by atoms with van der Waals surface area (Å²) in [6.45, 7) is 1.12. The van der Waals surface area contributed by atoms with E-state index in [1.165, 1.54) is 37.7 Å². The first-order valence-corrected chi connectivity index (χ1v) is 6.68. The third kappa shape index (κ3) is 4.14. The van der Waals surface area contributed by atoms with Gasteiger partial charge in [0.25, 0.3) is 0 Å². The van der Waals surface area contributed by atoms with E-state index in [9.17, 15) is 0 Å². The van der Waals surface area contributed by atoms with Gasteiger partial charge in [0.1, 0.15) is 0 Å². The zero-order valence-corrected chi connectivity index (χ0v) is 10.7. The predicted octanol–water partition coefficient (Wildman–Crippen LogP) is 2.78. The highest BCUT2D eigenvalue weighted by Gasteiger charge is 2.23. The van der Waals surface area contributed by atoms with Crippen molar-refractivity contribution < 1.29 is 4.74 Å². The van der Waals surface area contributed by atoms with E-state index < -0.39 is 0 Å². The van der Waals surface area contributed by atoms with Gasteiger partial charge in [-0.25, -0.2) is 0 Å². The molecule has 0 amide bonds. The van der Waals surface area contributed by atoms with Gasteiger partial charge in [0.2, 0.25) is 0 Å². The molecule has 2 atom stereocenters. The van der Waals surface area contributed by atoms with Crippen molar-refractivity contribution in [3.8, 4) is 0 Å². The van der Waals surface area contributed by atoms with Gasteiger partial charge in [-0.05, 0) is 44.2 Å². The summed E-state index contributed by atoms with van der Waals surface area (Å²) in [7, 11) is 1.82. The standard InChI is InChI=1S/C15H23NO/c1-17-15-10-9-14(12-15)16-11-5-8-13-6-3-2-4-7-13/h2-4,6-7,14-16H,5,8-12H2,1H3. The Morgan fingerprint density at radius 3 is 2.76 bits per heavy atom. The van der Waals surface area contributed by atoms with Crippen molar-refractivity contribution in [3.05, 3.63) is 35.9 Å². The molecule has 0 heterocycles. The monoisotopic (exact) mass is 233 g/mol. The number of aryl methyl sites for hydroxylation is 1. The maximum absolute atomic E-state index is 5.38. The fraction of sp³-hybridized carbons (Fsp3) is 0.600. The Kier molecular flexibility index (Phi) is 5.02. The maximum atomic E-state index is 5.38. The SMILES string of the molecule is COC1CCC(NCCCc2ccccc2)C1. The molecule has 1 aliphatic rings. The summed E-state index contributed by atoms with van der Waals surface area (Å²) in [6.07, 6.45) is 6.55. The Hall–Kier alpha value is -0.860. The minimum Gasteiger partial charge on any atom is -0.381 e. The highest BCUT2D eigenvalue weighted by atomic mass is 16.5. The molecule has 0 aliphatic heterocycles. The number of rotatable bonds is 6. The van der Waals surface area contributed by atoms with E-state index >= 15 is 0 Å². The van der Waals surface area contributed by atoms with E-state index in [1.807, 2.05) is 7.11 Å². The minimum absolute atomic E-state index is 0.488. The molecule has 1 N–H and O–H groups in total. The van der Waals surface area contributed by atoms with E-state index in [0.717, 1.165) is 6.54 Å². The molecule has 0 bridgehead atoms. The first kappa shape index (κ1) is 12.6. The van der Waals surface area contributed by atoms with E-state index in [1.54, 1.807) is 0 Å². The zero-order chi connectivity index (χ0) is 11.9. The van der Waals surface area contributed by atoms with Crippen LogP contribution in [0.25, 0.3) is 0 Å². The van der Waals surface area contributed by atoms with Crippen LogP contribution in [-0.2, 0) is 11.2 Å². The molecule has 0 saturated heterocycles. The van der Waals surface area contributed by atoms with Crippen molar-refractivity contribution in [1.29, 1.82) is 0 Å². The lowest BCUT2D eigenvalue weighted by molar-refractivity contribution is 0.107. The molecular weight excluding hydrogens is 210 g/mol. The lowest BCUT2D eigenvalue weighted by Gasteiger charge is -2.12. The summed E-state index contributed by atoms with van der Waals surface area (Å²) in [5.74, 6) is 0. The van der Waals surface area contributed by atoms with Crippen LogP contribution in [0.1, 0.15) is 31.2 Å². The van der Waals surface area contributed by atoms with Gasteiger partial charge in [-0.2, -0.15) is 0 Å². The van der Waals surface area contributed by atoms with Crippen LogP contribution in [0.4, 0.5) is 0 Å². The molecule has 1 saturated carbocycles. The number of nitrogens with one attached hydrogen (secondary N) is 1. The molecule has 1 aliphatic carbocycles. The Morgan fingerprint density at radius 2 is 2.06 bits per heavy atom. The number of ether oxygens (including phenoxy) is 1. The molecule has 1 aromatic carbocycles. The first-order valence-electron chi connectivity index (χ1n) is 6.68. The predicted molar refractivity (Wildman–Crippen MR) is 71.2 cm³/mol. The van der Waals surface area contributed by atoms with Gasteiger partial charge in [0.15, 0.2) is 0 Å². The zero-order valence-electron chi connectivity index (χ0n) is 10.7. The average Bonchev–Trinajstić information content (AvgIpc) is 2.84. The molecule has 0 spiro atoms. The van der Waals surface area contributed by atoms with Gasteiger partial charge >= 0.3 is 0 Å². The van der Waals surface area contributed by atoms with Crippen LogP contribution < -0.4 is 5.32 Å². The molecule has 0 radical (unpaired) electrons. The van der Waals surface area contributed by atoms with Crippen LogP contribution in [0, 0.1) is 0 Å². The van der Waals surface area contributed by atoms with Gasteiger partial charge in [0, 0.05) is 13.2 Å². The topological polar surface area (TPSA) is 21.3 Å². The lowest BCUT2D eigenvalue weighted by Crippen LogP contribution is -2.28. The normalized spacial score (nSPS) is 24.1. The Balaban J connectivity index is 1.58. The second-order valence-electron chi connectivity index (χ2n) is 4.91. The number of hydrogen-bond acceptors (Lipinski definition) is 2. The van der Waals surface area contributed by atoms with E-state index in [2.05, 4.69) is 35.6 Å². The molecular formula is C15H23NO. The summed E-state index contributed by atoms with van der Waals surface area (Å²) in [5.41, 5.74) is 1.44. The third-order valence-electron chi connectivity index (χ3n) is 3.64. The van der Waals surface area contributed by atoms with Crippen LogP contribution in [0.15, 0.2) is 30.3 Å². The lowest BCUT2D eigenvalue weighted by atomic mass is 10.1. The Morgan fingerprint density at radius 1 is 1.24 bits per heavy atom. The molecule has 2 rings (SSSR count). The van der Waals surface area contributed by atoms with Crippen molar-refractivity contribution in [2.24, 2.45) is 0 Å². The summed E-state index contributed by atoms with van der Waals surface area (Å²) < 4.78 is 5.38. The number of methoxy groups -OCH3 is 1. The number of benzene rings is 1. The second-order valence-corrected chi connectivity index (χ2v) is 4.91. The van der Waals surface area contributed by atoms with Crippen molar-refractivity contribution in [2.75, 3.05) is 13.7 Å². The molecule has 2 heteroatoms. The van der Waals surface area contributed by atoms with Crippen LogP contribution in [0.5, 0.6) is 0 Å². The van der Waals surface area contributed by atoms with Crippen LogP contribution in [-0.4, -0.2) is 25.8 Å². The van der Waals surface area contributed by atoms with Crippen molar-refractivity contribution >= 4 is 0 Å². The summed E-state index contributed by atoms with van der Waals surface area (Å²) >= 11 is 0. The van der Waals surface area contributed by atoms with Crippen LogP contribution in [0.2, 0.25) is 0 Å². The average molecular weight is 233 g/mol. The third-order valence-corrected chi connectivity index (χ3v) is 3.64. The van der Waals surface area contributed by atoms with E-state index in [4.69, 9.17) is 4.74 Å². The highest BCUT2D eigenvalue weighted by Crippen LogP contribution is 2.21. The molecule has 17 heavy (non-hydrogen) atoms. The molecule has 1 fully saturated rings. The van der Waals surface area contributed by atoms with Crippen LogP contribution >= 0.6 is 0 Å². The van der Waals surface area contributed by atoms with Crippen molar-refractivity contribution in [1.82, 2.24) is 5.32 Å². The number of hydrogen-bond donors (Lipinski definition) is 1. The summed E-state index contributed by atoms with van der Waals surface area (Å²) in [4.78, 5) is 0. The quantitative estimate of drug-likeness (QED) is 0.763. The fourth-order valence-electron chi connectivity index (χ4n) is 2.58. The molecule has 2 nitrogen and oxygen atoms in total. The summed E-state index contributed by atoms with van der Waals surface area (Å²) in [5, 5.41) is 3.64. The van der Waals surface area contributed by atoms with Crippen LogP contribution in [0.3, 0.4) is 0 Å². The van der Waals surface area contributed by atoms with Gasteiger partial charge < -0.3 is 10.1 Å². The van der Waals surface area contributed by atoms with E-state index in [0.29, 0.717) is 12.1 Å². The highest BCUT2D eigenvalue weighted by molar-refractivity contribution is 5.14. The summed E-state index contributed by atoms with van der Waals surface area (Å²) in [6, 6.07) is 11.4.